The van der Waals surface area contributed by atoms with E-state index in [1.165, 1.54) is 25.7 Å². The van der Waals surface area contributed by atoms with Crippen LogP contribution in [0.4, 0.5) is 0 Å². The lowest BCUT2D eigenvalue weighted by molar-refractivity contribution is 0.729. The van der Waals surface area contributed by atoms with Crippen LogP contribution in [0.25, 0.3) is 0 Å². The van der Waals surface area contributed by atoms with Gasteiger partial charge in [0.05, 0.1) is 0 Å². The molecule has 0 N–H and O–H groups in total. The zero-order valence-electron chi connectivity index (χ0n) is 6.78. The van der Waals surface area contributed by atoms with Gasteiger partial charge in [0.2, 0.25) is 0 Å². The molecule has 0 aromatic heterocycles. The summed E-state index contributed by atoms with van der Waals surface area (Å²) in [4.78, 5) is 0. The highest BCUT2D eigenvalue weighted by atomic mass is 79.9. The van der Waals surface area contributed by atoms with Gasteiger partial charge in [0.25, 0.3) is 0 Å². The predicted octanol–water partition coefficient (Wildman–Crippen LogP) is 3.58. The Labute approximate surface area is 76.2 Å². The van der Waals surface area contributed by atoms with E-state index >= 15 is 0 Å². The molecule has 0 amide bonds. The second-order valence-electron chi connectivity index (χ2n) is 2.12. The minimum absolute atomic E-state index is 0. The van der Waals surface area contributed by atoms with E-state index in [-0.39, 0.29) is 9.90 Å². The molecule has 0 saturated heterocycles. The maximum absolute atomic E-state index is 3.33. The molecule has 0 spiro atoms. The Hall–Kier alpha value is 0.650. The Balaban J connectivity index is 0. The normalized spacial score (nSPS) is 9.80. The van der Waals surface area contributed by atoms with Crippen LogP contribution in [0.5, 0.6) is 0 Å². The molecular weight excluding hydrogens is 207 g/mol. The van der Waals surface area contributed by atoms with Crippen LogP contribution in [0.15, 0.2) is 12.2 Å². The molecule has 1 atom stereocenters. The average molecular weight is 225 g/mol. The average Bonchev–Trinajstić information content (AvgIpc) is 1.89. The Bertz CT molecular complexity index is 71.7. The van der Waals surface area contributed by atoms with Crippen LogP contribution in [-0.2, 0) is 0 Å². The molecule has 0 aliphatic rings. The van der Waals surface area contributed by atoms with Crippen molar-refractivity contribution in [1.29, 1.82) is 0 Å². The van der Waals surface area contributed by atoms with Crippen molar-refractivity contribution in [3.05, 3.63) is 12.2 Å². The zero-order chi connectivity index (χ0) is 6.95. The first-order chi connectivity index (χ1) is 4.41. The molecule has 0 saturated carbocycles. The first kappa shape index (κ1) is 13.3. The summed E-state index contributed by atoms with van der Waals surface area (Å²) in [5.74, 6) is 0. The monoisotopic (exact) mass is 224 g/mol. The van der Waals surface area contributed by atoms with Gasteiger partial charge in [0, 0.05) is 5.33 Å². The van der Waals surface area contributed by atoms with Gasteiger partial charge >= 0.3 is 0 Å². The van der Waals surface area contributed by atoms with Crippen molar-refractivity contribution in [2.45, 2.75) is 32.6 Å². The summed E-state index contributed by atoms with van der Waals surface area (Å²) in [6, 6.07) is 0. The molecule has 0 heterocycles. The van der Waals surface area contributed by atoms with E-state index in [1.54, 1.807) is 0 Å². The molecule has 0 aromatic carbocycles. The molecule has 2 heteroatoms. The number of unbranched alkanes of at least 4 members (excludes halogenated alkanes) is 3. The van der Waals surface area contributed by atoms with E-state index in [4.69, 9.17) is 0 Å². The van der Waals surface area contributed by atoms with E-state index in [1.807, 2.05) is 0 Å². The number of hydrogen-bond donors (Lipinski definition) is 0. The second-order valence-corrected chi connectivity index (χ2v) is 2.77. The Kier molecular flexibility index (Phi) is 16.4. The fraction of sp³-hybridized carbons (Fsp3) is 0.750. The molecule has 0 aliphatic carbocycles. The maximum Gasteiger partial charge on any atom is 0.0212 e. The third-order valence-electron chi connectivity index (χ3n) is 1.23. The van der Waals surface area contributed by atoms with Crippen molar-refractivity contribution in [2.24, 2.45) is 0 Å². The standard InChI is InChI=1S/C8H15Br.H3P/c1-2-3-4-5-6-7-8-9;/h6-7H,2-5,8H2,1H3;1H3. The molecule has 0 radical (unpaired) electrons. The van der Waals surface area contributed by atoms with Crippen LogP contribution in [0, 0.1) is 0 Å². The molecule has 10 heavy (non-hydrogen) atoms. The van der Waals surface area contributed by atoms with Crippen molar-refractivity contribution in [3.8, 4) is 0 Å². The van der Waals surface area contributed by atoms with E-state index in [0.29, 0.717) is 0 Å². The molecule has 0 nitrogen and oxygen atoms in total. The lowest BCUT2D eigenvalue weighted by atomic mass is 10.2. The summed E-state index contributed by atoms with van der Waals surface area (Å²) in [6.45, 7) is 2.23. The number of alkyl halides is 1. The van der Waals surface area contributed by atoms with Gasteiger partial charge < -0.3 is 0 Å². The molecule has 0 bridgehead atoms. The predicted molar refractivity (Wildman–Crippen MR) is 58.2 cm³/mol. The van der Waals surface area contributed by atoms with Crippen molar-refractivity contribution >= 4 is 25.8 Å². The SMILES string of the molecule is CCCCCC=CCBr.P. The summed E-state index contributed by atoms with van der Waals surface area (Å²) in [7, 11) is 0. The first-order valence-electron chi connectivity index (χ1n) is 3.62. The molecule has 0 fully saturated rings. The third kappa shape index (κ3) is 11.4. The summed E-state index contributed by atoms with van der Waals surface area (Å²) in [5, 5.41) is 0.999. The zero-order valence-corrected chi connectivity index (χ0v) is 9.78. The second kappa shape index (κ2) is 12.3. The lowest BCUT2D eigenvalue weighted by Crippen LogP contribution is -1.70. The summed E-state index contributed by atoms with van der Waals surface area (Å²) < 4.78 is 0. The molecule has 1 unspecified atom stereocenters. The maximum atomic E-state index is 3.33. The van der Waals surface area contributed by atoms with E-state index in [0.717, 1.165) is 5.33 Å². The van der Waals surface area contributed by atoms with Gasteiger partial charge in [-0.25, -0.2) is 0 Å². The topological polar surface area (TPSA) is 0 Å². The van der Waals surface area contributed by atoms with E-state index in [9.17, 15) is 0 Å². The highest BCUT2D eigenvalue weighted by Crippen LogP contribution is 1.99. The number of halogens is 1. The quantitative estimate of drug-likeness (QED) is 0.290. The highest BCUT2D eigenvalue weighted by molar-refractivity contribution is 9.09. The molecular formula is C8H18BrP. The van der Waals surface area contributed by atoms with Crippen LogP contribution < -0.4 is 0 Å². The minimum atomic E-state index is 0. The van der Waals surface area contributed by atoms with Crippen molar-refractivity contribution in [3.63, 3.8) is 0 Å². The van der Waals surface area contributed by atoms with Gasteiger partial charge in [0.1, 0.15) is 0 Å². The van der Waals surface area contributed by atoms with Gasteiger partial charge in [-0.2, -0.15) is 9.90 Å². The fourth-order valence-corrected chi connectivity index (χ4v) is 0.957. The number of hydrogen-bond acceptors (Lipinski definition) is 0. The van der Waals surface area contributed by atoms with Gasteiger partial charge in [-0.05, 0) is 12.8 Å². The van der Waals surface area contributed by atoms with Crippen molar-refractivity contribution in [2.75, 3.05) is 5.33 Å². The summed E-state index contributed by atoms with van der Waals surface area (Å²) >= 11 is 3.33. The van der Waals surface area contributed by atoms with Crippen LogP contribution in [0.3, 0.4) is 0 Å². The third-order valence-corrected chi connectivity index (χ3v) is 1.60. The molecule has 0 rings (SSSR count). The van der Waals surface area contributed by atoms with Gasteiger partial charge in [-0.3, -0.25) is 0 Å². The summed E-state index contributed by atoms with van der Waals surface area (Å²) in [5.41, 5.74) is 0. The van der Waals surface area contributed by atoms with Crippen LogP contribution in [-0.4, -0.2) is 5.33 Å². The van der Waals surface area contributed by atoms with Gasteiger partial charge in [-0.1, -0.05) is 47.8 Å². The Morgan fingerprint density at radius 3 is 2.40 bits per heavy atom. The minimum Gasteiger partial charge on any atom is -0.153 e. The van der Waals surface area contributed by atoms with Crippen LogP contribution in [0.1, 0.15) is 32.6 Å². The van der Waals surface area contributed by atoms with E-state index in [2.05, 4.69) is 35.0 Å². The van der Waals surface area contributed by atoms with Crippen molar-refractivity contribution < 1.29 is 0 Å². The first-order valence-corrected chi connectivity index (χ1v) is 4.75. The smallest absolute Gasteiger partial charge is 0.0212 e. The van der Waals surface area contributed by atoms with Crippen molar-refractivity contribution in [1.82, 2.24) is 0 Å². The highest BCUT2D eigenvalue weighted by Gasteiger charge is 1.79. The summed E-state index contributed by atoms with van der Waals surface area (Å²) in [6.07, 6.45) is 9.69. The number of allylic oxidation sites excluding steroid dienone is 2. The molecule has 62 valence electrons. The largest absolute Gasteiger partial charge is 0.153 e. The Morgan fingerprint density at radius 2 is 1.90 bits per heavy atom. The fourth-order valence-electron chi connectivity index (χ4n) is 0.693. The Morgan fingerprint density at radius 1 is 1.20 bits per heavy atom. The lowest BCUT2D eigenvalue weighted by Gasteiger charge is -1.89. The van der Waals surface area contributed by atoms with Gasteiger partial charge in [-0.15, -0.1) is 0 Å². The molecule has 0 aromatic rings. The van der Waals surface area contributed by atoms with Gasteiger partial charge in [0.15, 0.2) is 0 Å². The van der Waals surface area contributed by atoms with Crippen LogP contribution >= 0.6 is 25.8 Å². The number of rotatable bonds is 5. The molecule has 0 aliphatic heterocycles. The van der Waals surface area contributed by atoms with Crippen LogP contribution in [0.2, 0.25) is 0 Å². The van der Waals surface area contributed by atoms with E-state index < -0.39 is 0 Å².